The zero-order valence-corrected chi connectivity index (χ0v) is 13.2. The van der Waals surface area contributed by atoms with Gasteiger partial charge >= 0.3 is 0 Å². The minimum absolute atomic E-state index is 0. The number of amides is 1. The normalized spacial score (nSPS) is 24.5. The molecule has 118 valence electrons. The van der Waals surface area contributed by atoms with E-state index in [1.807, 2.05) is 0 Å². The molecule has 20 heavy (non-hydrogen) atoms. The number of nitrogens with two attached hydrogens (primary N) is 1. The third kappa shape index (κ3) is 4.32. The third-order valence-electron chi connectivity index (χ3n) is 4.47. The lowest BCUT2D eigenvalue weighted by Gasteiger charge is -2.48. The molecular weight excluding hydrogens is 278 g/mol. The number of hydrogen-bond donors (Lipinski definition) is 2. The number of hydrogen-bond acceptors (Lipinski definition) is 4. The van der Waals surface area contributed by atoms with Gasteiger partial charge in [0, 0.05) is 25.2 Å². The van der Waals surface area contributed by atoms with Crippen LogP contribution in [0.5, 0.6) is 0 Å². The second kappa shape index (κ2) is 8.17. The molecule has 0 spiro atoms. The Morgan fingerprint density at radius 3 is 2.45 bits per heavy atom. The number of carbonyl (C=O) groups excluding carboxylic acids is 1. The number of halogens is 1. The lowest BCUT2D eigenvalue weighted by atomic mass is 9.79. The van der Waals surface area contributed by atoms with Crippen LogP contribution in [0.1, 0.15) is 39.0 Å². The van der Waals surface area contributed by atoms with Crippen LogP contribution < -0.4 is 11.1 Å². The van der Waals surface area contributed by atoms with Crippen molar-refractivity contribution in [1.82, 2.24) is 10.2 Å². The number of rotatable bonds is 4. The summed E-state index contributed by atoms with van der Waals surface area (Å²) in [5.41, 5.74) is 5.76. The first-order valence-electron chi connectivity index (χ1n) is 7.50. The number of nitrogens with zero attached hydrogens (tertiary/aromatic N) is 1. The zero-order chi connectivity index (χ0) is 13.7. The average Bonchev–Trinajstić information content (AvgIpc) is 2.46. The van der Waals surface area contributed by atoms with Crippen molar-refractivity contribution < 1.29 is 9.53 Å². The van der Waals surface area contributed by atoms with Gasteiger partial charge in [0.1, 0.15) is 0 Å². The molecule has 1 aliphatic carbocycles. The summed E-state index contributed by atoms with van der Waals surface area (Å²) >= 11 is 0. The lowest BCUT2D eigenvalue weighted by Crippen LogP contribution is -2.60. The second-order valence-electron chi connectivity index (χ2n) is 5.89. The molecule has 3 N–H and O–H groups in total. The van der Waals surface area contributed by atoms with Crippen LogP contribution in [0.25, 0.3) is 0 Å². The monoisotopic (exact) mass is 305 g/mol. The first-order chi connectivity index (χ1) is 9.14. The van der Waals surface area contributed by atoms with E-state index in [-0.39, 0.29) is 23.9 Å². The van der Waals surface area contributed by atoms with Crippen LogP contribution >= 0.6 is 12.4 Å². The van der Waals surface area contributed by atoms with Crippen LogP contribution in [0.4, 0.5) is 0 Å². The molecule has 5 nitrogen and oxygen atoms in total. The largest absolute Gasteiger partial charge is 0.379 e. The molecule has 2 aliphatic rings. The van der Waals surface area contributed by atoms with Gasteiger partial charge in [0.05, 0.1) is 19.3 Å². The van der Waals surface area contributed by atoms with Gasteiger partial charge in [-0.25, -0.2) is 0 Å². The quantitative estimate of drug-likeness (QED) is 0.810. The molecular formula is C14H28ClN3O2. The molecule has 1 aliphatic heterocycles. The topological polar surface area (TPSA) is 67.6 Å². The molecule has 1 amide bonds. The maximum absolute atomic E-state index is 11.7. The van der Waals surface area contributed by atoms with Crippen molar-refractivity contribution in [2.75, 3.05) is 32.8 Å². The van der Waals surface area contributed by atoms with Crippen molar-refractivity contribution >= 4 is 18.3 Å². The van der Waals surface area contributed by atoms with E-state index in [2.05, 4.69) is 10.2 Å². The number of nitrogens with one attached hydrogen (secondary N) is 1. The van der Waals surface area contributed by atoms with E-state index in [0.717, 1.165) is 32.8 Å². The van der Waals surface area contributed by atoms with Crippen molar-refractivity contribution in [3.05, 3.63) is 0 Å². The highest BCUT2D eigenvalue weighted by Gasteiger charge is 2.38. The fraction of sp³-hybridized carbons (Fsp3) is 0.929. The number of carbonyl (C=O) groups is 1. The molecule has 0 aromatic carbocycles. The van der Waals surface area contributed by atoms with Crippen molar-refractivity contribution in [3.63, 3.8) is 0 Å². The van der Waals surface area contributed by atoms with Crippen molar-refractivity contribution in [1.29, 1.82) is 0 Å². The Bertz CT molecular complexity index is 301. The minimum Gasteiger partial charge on any atom is -0.379 e. The highest BCUT2D eigenvalue weighted by atomic mass is 35.5. The third-order valence-corrected chi connectivity index (χ3v) is 4.47. The molecule has 0 radical (unpaired) electrons. The summed E-state index contributed by atoms with van der Waals surface area (Å²) < 4.78 is 5.45. The molecule has 1 saturated heterocycles. The number of ether oxygens (including phenoxy) is 1. The second-order valence-corrected chi connectivity index (χ2v) is 5.89. The molecule has 0 aromatic rings. The van der Waals surface area contributed by atoms with Gasteiger partial charge in [-0.15, -0.1) is 12.4 Å². The van der Waals surface area contributed by atoms with Crippen molar-refractivity contribution in [3.8, 4) is 0 Å². The smallest absolute Gasteiger partial charge is 0.236 e. The van der Waals surface area contributed by atoms with Gasteiger partial charge in [0.2, 0.25) is 5.91 Å². The summed E-state index contributed by atoms with van der Waals surface area (Å²) in [7, 11) is 0. The highest BCUT2D eigenvalue weighted by molar-refractivity contribution is 5.85. The zero-order valence-electron chi connectivity index (χ0n) is 12.4. The van der Waals surface area contributed by atoms with Crippen LogP contribution in [-0.4, -0.2) is 55.2 Å². The minimum atomic E-state index is -0.426. The van der Waals surface area contributed by atoms with Crippen LogP contribution in [0.2, 0.25) is 0 Å². The average molecular weight is 306 g/mol. The summed E-state index contributed by atoms with van der Waals surface area (Å²) in [6.07, 6.45) is 6.17. The van der Waals surface area contributed by atoms with Crippen LogP contribution in [0.15, 0.2) is 0 Å². The van der Waals surface area contributed by atoms with E-state index in [9.17, 15) is 4.79 Å². The van der Waals surface area contributed by atoms with Gasteiger partial charge in [-0.1, -0.05) is 19.3 Å². The van der Waals surface area contributed by atoms with E-state index in [4.69, 9.17) is 10.5 Å². The van der Waals surface area contributed by atoms with Gasteiger partial charge in [-0.05, 0) is 19.8 Å². The molecule has 0 unspecified atom stereocenters. The molecule has 1 saturated carbocycles. The summed E-state index contributed by atoms with van der Waals surface area (Å²) in [6, 6.07) is -0.426. The Morgan fingerprint density at radius 2 is 1.90 bits per heavy atom. The van der Waals surface area contributed by atoms with E-state index in [0.29, 0.717) is 0 Å². The predicted octanol–water partition coefficient (Wildman–Crippen LogP) is 0.907. The first-order valence-corrected chi connectivity index (χ1v) is 7.50. The van der Waals surface area contributed by atoms with Crippen LogP contribution in [0.3, 0.4) is 0 Å². The van der Waals surface area contributed by atoms with E-state index in [1.54, 1.807) is 6.92 Å². The van der Waals surface area contributed by atoms with E-state index in [1.165, 1.54) is 32.1 Å². The Labute approximate surface area is 128 Å². The summed E-state index contributed by atoms with van der Waals surface area (Å²) in [5, 5.41) is 3.04. The standard InChI is InChI=1S/C14H27N3O2.ClH/c1-12(15)13(18)16-11-14(5-3-2-4-6-14)17-7-9-19-10-8-17;/h12H,2-11,15H2,1H3,(H,16,18);1H/t12-;/m1./s1. The molecule has 0 bridgehead atoms. The van der Waals surface area contributed by atoms with Crippen LogP contribution in [0, 0.1) is 0 Å². The Hall–Kier alpha value is -0.360. The van der Waals surface area contributed by atoms with Crippen molar-refractivity contribution in [2.24, 2.45) is 5.73 Å². The van der Waals surface area contributed by atoms with Crippen molar-refractivity contribution in [2.45, 2.75) is 50.6 Å². The van der Waals surface area contributed by atoms with E-state index >= 15 is 0 Å². The summed E-state index contributed by atoms with van der Waals surface area (Å²) in [6.45, 7) is 6.04. The maximum Gasteiger partial charge on any atom is 0.236 e. The van der Waals surface area contributed by atoms with Gasteiger partial charge in [0.15, 0.2) is 0 Å². The van der Waals surface area contributed by atoms with Gasteiger partial charge in [-0.3, -0.25) is 9.69 Å². The van der Waals surface area contributed by atoms with Gasteiger partial charge in [-0.2, -0.15) is 0 Å². The molecule has 6 heteroatoms. The predicted molar refractivity (Wildman–Crippen MR) is 82.1 cm³/mol. The highest BCUT2D eigenvalue weighted by Crippen LogP contribution is 2.33. The van der Waals surface area contributed by atoms with Gasteiger partial charge < -0.3 is 15.8 Å². The molecule has 1 atom stereocenters. The number of morpholine rings is 1. The lowest BCUT2D eigenvalue weighted by molar-refractivity contribution is -0.123. The summed E-state index contributed by atoms with van der Waals surface area (Å²) in [5.74, 6) is -0.0433. The molecule has 1 heterocycles. The fourth-order valence-electron chi connectivity index (χ4n) is 3.27. The maximum atomic E-state index is 11.7. The molecule has 0 aromatic heterocycles. The Kier molecular flexibility index (Phi) is 7.23. The van der Waals surface area contributed by atoms with Crippen LogP contribution in [-0.2, 0) is 9.53 Å². The first kappa shape index (κ1) is 17.7. The van der Waals surface area contributed by atoms with E-state index < -0.39 is 6.04 Å². The molecule has 2 rings (SSSR count). The fourth-order valence-corrected chi connectivity index (χ4v) is 3.27. The Balaban J connectivity index is 0.00000200. The summed E-state index contributed by atoms with van der Waals surface area (Å²) in [4.78, 5) is 14.3. The van der Waals surface area contributed by atoms with Gasteiger partial charge in [0.25, 0.3) is 0 Å². The Morgan fingerprint density at radius 1 is 1.30 bits per heavy atom. The SMILES string of the molecule is C[C@@H](N)C(=O)NCC1(N2CCOCC2)CCCCC1.Cl. The molecule has 2 fully saturated rings.